The number of nitrogens with one attached hydrogen (secondary N) is 3. The molecule has 0 aliphatic carbocycles. The minimum absolute atomic E-state index is 0.150. The summed E-state index contributed by atoms with van der Waals surface area (Å²) in [6.45, 7) is 0. The van der Waals surface area contributed by atoms with Crippen molar-refractivity contribution >= 4 is 27.3 Å². The van der Waals surface area contributed by atoms with Gasteiger partial charge in [0, 0.05) is 11.4 Å². The molecule has 1 aromatic heterocycles. The maximum Gasteiger partial charge on any atom is 0.416 e. The molecule has 3 aromatic rings. The van der Waals surface area contributed by atoms with Crippen LogP contribution in [0.2, 0.25) is 0 Å². The molecular weight excluding hydrogens is 425 g/mol. The van der Waals surface area contributed by atoms with Crippen molar-refractivity contribution in [2.75, 3.05) is 17.1 Å². The lowest BCUT2D eigenvalue weighted by Crippen LogP contribution is -2.20. The molecule has 0 radical (unpaired) electrons. The maximum atomic E-state index is 12.8. The third-order valence-electron chi connectivity index (χ3n) is 3.91. The fraction of sp³-hybridized carbons (Fsp3) is 0.111. The Kier molecular flexibility index (Phi) is 5.69. The number of H-pyrrole nitrogens is 1. The number of hydrogen-bond donors (Lipinski definition) is 3. The van der Waals surface area contributed by atoms with Gasteiger partial charge in [-0.2, -0.15) is 26.7 Å². The van der Waals surface area contributed by atoms with E-state index in [1.54, 1.807) is 0 Å². The van der Waals surface area contributed by atoms with Crippen molar-refractivity contribution in [2.24, 2.45) is 0 Å². The molecule has 0 fully saturated rings. The molecule has 0 atom stereocenters. The van der Waals surface area contributed by atoms with E-state index in [0.29, 0.717) is 5.75 Å². The summed E-state index contributed by atoms with van der Waals surface area (Å²) in [5, 5.41) is 7.50. The van der Waals surface area contributed by atoms with Gasteiger partial charge in [-0.1, -0.05) is 6.07 Å². The Morgan fingerprint density at radius 2 is 1.80 bits per heavy atom. The smallest absolute Gasteiger partial charge is 0.416 e. The minimum atomic E-state index is -4.59. The fourth-order valence-electron chi connectivity index (χ4n) is 2.48. The Morgan fingerprint density at radius 1 is 1.10 bits per heavy atom. The van der Waals surface area contributed by atoms with Gasteiger partial charge in [0.2, 0.25) is 0 Å². The number of amides is 1. The number of benzene rings is 2. The zero-order chi connectivity index (χ0) is 21.9. The van der Waals surface area contributed by atoms with Crippen LogP contribution in [-0.4, -0.2) is 31.6 Å². The van der Waals surface area contributed by atoms with Crippen LogP contribution >= 0.6 is 0 Å². The number of aromatic amines is 1. The van der Waals surface area contributed by atoms with Crippen molar-refractivity contribution in [3.63, 3.8) is 0 Å². The summed E-state index contributed by atoms with van der Waals surface area (Å²) in [5.41, 5.74) is -1.27. The topological polar surface area (TPSA) is 113 Å². The summed E-state index contributed by atoms with van der Waals surface area (Å²) in [4.78, 5) is 12.5. The molecule has 12 heteroatoms. The SMILES string of the molecule is COc1ccc(NS(=O)(=O)c2[nH]ncc2C(=O)Nc2cccc(C(F)(F)F)c2)cc1. The van der Waals surface area contributed by atoms with Gasteiger partial charge in [0.25, 0.3) is 15.9 Å². The van der Waals surface area contributed by atoms with Crippen LogP contribution in [0, 0.1) is 0 Å². The van der Waals surface area contributed by atoms with E-state index in [4.69, 9.17) is 4.74 Å². The largest absolute Gasteiger partial charge is 0.497 e. The standard InChI is InChI=1S/C18H15F3N4O4S/c1-29-14-7-5-12(6-8-14)25-30(27,28)17-15(10-22-24-17)16(26)23-13-4-2-3-11(9-13)18(19,20)21/h2-10,25H,1H3,(H,22,24)(H,23,26). The van der Waals surface area contributed by atoms with E-state index in [2.05, 4.69) is 20.2 Å². The number of ether oxygens (including phenoxy) is 1. The van der Waals surface area contributed by atoms with E-state index in [1.165, 1.54) is 37.4 Å². The molecule has 0 aliphatic heterocycles. The van der Waals surface area contributed by atoms with Crippen molar-refractivity contribution in [3.8, 4) is 5.75 Å². The summed E-state index contributed by atoms with van der Waals surface area (Å²) in [7, 11) is -2.78. The Balaban J connectivity index is 1.82. The fourth-order valence-corrected chi connectivity index (χ4v) is 3.63. The van der Waals surface area contributed by atoms with Crippen LogP contribution in [-0.2, 0) is 16.2 Å². The highest BCUT2D eigenvalue weighted by atomic mass is 32.2. The number of carbonyl (C=O) groups is 1. The molecule has 0 bridgehead atoms. The number of rotatable bonds is 6. The van der Waals surface area contributed by atoms with Gasteiger partial charge in [0.15, 0.2) is 5.03 Å². The third kappa shape index (κ3) is 4.71. The second kappa shape index (κ2) is 8.06. The molecule has 0 unspecified atom stereocenters. The van der Waals surface area contributed by atoms with Crippen LogP contribution in [0.15, 0.2) is 59.8 Å². The monoisotopic (exact) mass is 440 g/mol. The average Bonchev–Trinajstić information content (AvgIpc) is 3.19. The van der Waals surface area contributed by atoms with Crippen molar-refractivity contribution in [2.45, 2.75) is 11.2 Å². The zero-order valence-corrected chi connectivity index (χ0v) is 16.1. The molecule has 2 aromatic carbocycles. The lowest BCUT2D eigenvalue weighted by Gasteiger charge is -2.11. The molecule has 158 valence electrons. The predicted octanol–water partition coefficient (Wildman–Crippen LogP) is 3.49. The van der Waals surface area contributed by atoms with Crippen LogP contribution < -0.4 is 14.8 Å². The summed E-state index contributed by atoms with van der Waals surface area (Å²) >= 11 is 0. The first-order valence-corrected chi connectivity index (χ1v) is 9.77. The normalized spacial score (nSPS) is 11.7. The predicted molar refractivity (Wildman–Crippen MR) is 102 cm³/mol. The van der Waals surface area contributed by atoms with Crippen molar-refractivity contribution in [1.29, 1.82) is 0 Å². The Hall–Kier alpha value is -3.54. The summed E-state index contributed by atoms with van der Waals surface area (Å²) < 4.78 is 71.0. The molecule has 0 saturated heterocycles. The summed E-state index contributed by atoms with van der Waals surface area (Å²) in [5.74, 6) is -0.432. The molecular formula is C18H15F3N4O4S. The quantitative estimate of drug-likeness (QED) is 0.543. The zero-order valence-electron chi connectivity index (χ0n) is 15.3. The van der Waals surface area contributed by atoms with Gasteiger partial charge in [-0.05, 0) is 42.5 Å². The van der Waals surface area contributed by atoms with Crippen molar-refractivity contribution in [1.82, 2.24) is 10.2 Å². The van der Waals surface area contributed by atoms with Gasteiger partial charge in [-0.15, -0.1) is 0 Å². The summed E-state index contributed by atoms with van der Waals surface area (Å²) in [6.07, 6.45) is -3.63. The molecule has 0 saturated carbocycles. The Morgan fingerprint density at radius 3 is 2.43 bits per heavy atom. The van der Waals surface area contributed by atoms with Crippen LogP contribution in [0.5, 0.6) is 5.75 Å². The van der Waals surface area contributed by atoms with E-state index in [-0.39, 0.29) is 16.9 Å². The van der Waals surface area contributed by atoms with Crippen LogP contribution in [0.1, 0.15) is 15.9 Å². The first-order chi connectivity index (χ1) is 14.1. The maximum absolute atomic E-state index is 12.8. The molecule has 1 amide bonds. The number of sulfonamides is 1. The number of aromatic nitrogens is 2. The van der Waals surface area contributed by atoms with Crippen molar-refractivity contribution in [3.05, 3.63) is 65.9 Å². The second-order valence-corrected chi connectivity index (χ2v) is 7.60. The van der Waals surface area contributed by atoms with Crippen LogP contribution in [0.3, 0.4) is 0 Å². The van der Waals surface area contributed by atoms with E-state index >= 15 is 0 Å². The van der Waals surface area contributed by atoms with Gasteiger partial charge in [-0.25, -0.2) is 0 Å². The third-order valence-corrected chi connectivity index (χ3v) is 5.26. The minimum Gasteiger partial charge on any atom is -0.497 e. The lowest BCUT2D eigenvalue weighted by molar-refractivity contribution is -0.137. The molecule has 8 nitrogen and oxygen atoms in total. The molecule has 3 rings (SSSR count). The molecule has 0 spiro atoms. The highest BCUT2D eigenvalue weighted by molar-refractivity contribution is 7.92. The van der Waals surface area contributed by atoms with E-state index in [1.807, 2.05) is 0 Å². The van der Waals surface area contributed by atoms with Crippen molar-refractivity contribution < 1.29 is 31.1 Å². The van der Waals surface area contributed by atoms with E-state index < -0.39 is 32.7 Å². The second-order valence-electron chi connectivity index (χ2n) is 5.98. The number of alkyl halides is 3. The van der Waals surface area contributed by atoms with Gasteiger partial charge in [0.1, 0.15) is 5.75 Å². The number of halogens is 3. The number of anilines is 2. The number of methoxy groups -OCH3 is 1. The highest BCUT2D eigenvalue weighted by Gasteiger charge is 2.31. The average molecular weight is 440 g/mol. The Labute approximate surface area is 169 Å². The number of nitrogens with zero attached hydrogens (tertiary/aromatic N) is 1. The lowest BCUT2D eigenvalue weighted by atomic mass is 10.2. The van der Waals surface area contributed by atoms with Gasteiger partial charge < -0.3 is 10.1 Å². The highest BCUT2D eigenvalue weighted by Crippen LogP contribution is 2.31. The van der Waals surface area contributed by atoms with Gasteiger partial charge in [0.05, 0.1) is 24.4 Å². The van der Waals surface area contributed by atoms with Crippen LogP contribution in [0.4, 0.5) is 24.5 Å². The molecule has 3 N–H and O–H groups in total. The van der Waals surface area contributed by atoms with Gasteiger partial charge >= 0.3 is 6.18 Å². The van der Waals surface area contributed by atoms with Gasteiger partial charge in [-0.3, -0.25) is 14.6 Å². The molecule has 0 aliphatic rings. The van der Waals surface area contributed by atoms with E-state index in [0.717, 1.165) is 24.4 Å². The first kappa shape index (κ1) is 21.2. The van der Waals surface area contributed by atoms with Crippen LogP contribution in [0.25, 0.3) is 0 Å². The molecule has 30 heavy (non-hydrogen) atoms. The Bertz CT molecular complexity index is 1160. The number of hydrogen-bond acceptors (Lipinski definition) is 5. The van der Waals surface area contributed by atoms with E-state index in [9.17, 15) is 26.4 Å². The number of carbonyl (C=O) groups excluding carboxylic acids is 1. The first-order valence-electron chi connectivity index (χ1n) is 8.29. The summed E-state index contributed by atoms with van der Waals surface area (Å²) in [6, 6.07) is 9.93. The molecule has 1 heterocycles.